The number of carbonyl (C=O) groups is 3. The SMILES string of the molecule is CCCCOC(=O)N1CCN(C(=O)[C@@H](NC(=O)c2cc(N3C[C@@H]4[C@@H](C#N)[C@@H]4C3)nc(-c3ccccc3)n2)C(C)C)CC1. The van der Waals surface area contributed by atoms with E-state index < -0.39 is 11.9 Å². The molecule has 42 heavy (non-hydrogen) atoms. The number of nitrogens with zero attached hydrogens (tertiary/aromatic N) is 6. The summed E-state index contributed by atoms with van der Waals surface area (Å²) in [7, 11) is 0. The van der Waals surface area contributed by atoms with Crippen molar-refractivity contribution in [2.24, 2.45) is 23.7 Å². The summed E-state index contributed by atoms with van der Waals surface area (Å²) in [6.45, 7) is 9.18. The molecule has 3 fully saturated rings. The molecule has 3 heterocycles. The van der Waals surface area contributed by atoms with Gasteiger partial charge in [0, 0.05) is 50.9 Å². The van der Waals surface area contributed by atoms with Crippen LogP contribution in [0.4, 0.5) is 10.6 Å². The van der Waals surface area contributed by atoms with Gasteiger partial charge in [0.15, 0.2) is 5.82 Å². The number of amides is 3. The van der Waals surface area contributed by atoms with Gasteiger partial charge in [-0.25, -0.2) is 14.8 Å². The van der Waals surface area contributed by atoms with Gasteiger partial charge in [-0.2, -0.15) is 5.26 Å². The summed E-state index contributed by atoms with van der Waals surface area (Å²) in [4.78, 5) is 54.3. The number of aromatic nitrogens is 2. The Hall–Kier alpha value is -4.20. The van der Waals surface area contributed by atoms with Crippen LogP contribution in [0.1, 0.15) is 44.1 Å². The van der Waals surface area contributed by atoms with Crippen LogP contribution in [0.25, 0.3) is 11.4 Å². The number of benzene rings is 1. The lowest BCUT2D eigenvalue weighted by atomic mass is 10.0. The van der Waals surface area contributed by atoms with E-state index >= 15 is 0 Å². The van der Waals surface area contributed by atoms with Gasteiger partial charge in [-0.1, -0.05) is 57.5 Å². The van der Waals surface area contributed by atoms with Crippen LogP contribution >= 0.6 is 0 Å². The summed E-state index contributed by atoms with van der Waals surface area (Å²) in [5.41, 5.74) is 0.976. The summed E-state index contributed by atoms with van der Waals surface area (Å²) < 4.78 is 5.31. The molecule has 11 heteroatoms. The van der Waals surface area contributed by atoms with Crippen LogP contribution in [0, 0.1) is 35.0 Å². The van der Waals surface area contributed by atoms with Crippen LogP contribution in [0.2, 0.25) is 0 Å². The van der Waals surface area contributed by atoms with Gasteiger partial charge in [-0.05, 0) is 24.2 Å². The highest BCUT2D eigenvalue weighted by Crippen LogP contribution is 2.51. The number of nitriles is 1. The molecule has 0 spiro atoms. The molecule has 222 valence electrons. The van der Waals surface area contributed by atoms with E-state index in [0.717, 1.165) is 31.5 Å². The van der Waals surface area contributed by atoms with E-state index in [4.69, 9.17) is 9.72 Å². The van der Waals surface area contributed by atoms with E-state index in [0.29, 0.717) is 56.3 Å². The number of hydrogen-bond acceptors (Lipinski definition) is 8. The fourth-order valence-electron chi connectivity index (χ4n) is 5.76. The van der Waals surface area contributed by atoms with E-state index in [1.807, 2.05) is 51.1 Å². The second-order valence-electron chi connectivity index (χ2n) is 11.7. The summed E-state index contributed by atoms with van der Waals surface area (Å²) >= 11 is 0. The molecule has 11 nitrogen and oxygen atoms in total. The average Bonchev–Trinajstić information content (AvgIpc) is 3.49. The molecule has 1 N–H and O–H groups in total. The number of ether oxygens (including phenoxy) is 1. The third kappa shape index (κ3) is 6.32. The van der Waals surface area contributed by atoms with Crippen LogP contribution in [-0.4, -0.2) is 89.6 Å². The summed E-state index contributed by atoms with van der Waals surface area (Å²) in [5.74, 6) is 1.07. The topological polar surface area (TPSA) is 132 Å². The maximum Gasteiger partial charge on any atom is 0.409 e. The third-order valence-corrected chi connectivity index (χ3v) is 8.44. The number of piperidine rings is 1. The van der Waals surface area contributed by atoms with E-state index in [-0.39, 0.29) is 29.5 Å². The van der Waals surface area contributed by atoms with E-state index in [2.05, 4.69) is 21.3 Å². The minimum absolute atomic E-state index is 0.103. The Morgan fingerprint density at radius 1 is 1.05 bits per heavy atom. The molecule has 1 aromatic heterocycles. The Morgan fingerprint density at radius 2 is 1.71 bits per heavy atom. The highest BCUT2D eigenvalue weighted by atomic mass is 16.6. The van der Waals surface area contributed by atoms with Crippen molar-refractivity contribution in [2.75, 3.05) is 50.8 Å². The summed E-state index contributed by atoms with van der Waals surface area (Å²) in [6.07, 6.45) is 1.42. The van der Waals surface area contributed by atoms with Gasteiger partial charge in [-0.15, -0.1) is 0 Å². The third-order valence-electron chi connectivity index (χ3n) is 8.44. The number of fused-ring (bicyclic) bond motifs is 1. The molecule has 2 saturated heterocycles. The predicted octanol–water partition coefficient (Wildman–Crippen LogP) is 3.18. The monoisotopic (exact) mass is 573 g/mol. The first-order valence-electron chi connectivity index (χ1n) is 14.9. The molecule has 3 aliphatic rings. The van der Waals surface area contributed by atoms with Crippen LogP contribution in [0.15, 0.2) is 36.4 Å². The Balaban J connectivity index is 1.28. The normalized spacial score (nSPS) is 21.9. The van der Waals surface area contributed by atoms with Crippen molar-refractivity contribution in [3.05, 3.63) is 42.1 Å². The Bertz CT molecular complexity index is 1320. The van der Waals surface area contributed by atoms with Crippen molar-refractivity contribution in [1.82, 2.24) is 25.1 Å². The first-order chi connectivity index (χ1) is 20.3. The molecule has 1 aliphatic carbocycles. The number of anilines is 1. The number of nitrogens with one attached hydrogen (secondary N) is 1. The van der Waals surface area contributed by atoms with Gasteiger partial charge >= 0.3 is 6.09 Å². The Kier molecular flexibility index (Phi) is 8.90. The summed E-state index contributed by atoms with van der Waals surface area (Å²) in [5, 5.41) is 12.3. The fraction of sp³-hybridized carbons (Fsp3) is 0.548. The lowest BCUT2D eigenvalue weighted by Gasteiger charge is -2.36. The van der Waals surface area contributed by atoms with E-state index in [1.54, 1.807) is 15.9 Å². The molecule has 4 atom stereocenters. The second-order valence-corrected chi connectivity index (χ2v) is 11.7. The van der Waals surface area contributed by atoms with Crippen molar-refractivity contribution in [3.8, 4) is 17.5 Å². The zero-order valence-corrected chi connectivity index (χ0v) is 24.5. The van der Waals surface area contributed by atoms with Crippen LogP contribution in [0.3, 0.4) is 0 Å². The number of unbranched alkanes of at least 4 members (excludes halogenated alkanes) is 1. The molecule has 0 bridgehead atoms. The number of carbonyl (C=O) groups excluding carboxylic acids is 3. The van der Waals surface area contributed by atoms with Crippen LogP contribution < -0.4 is 10.2 Å². The van der Waals surface area contributed by atoms with E-state index in [9.17, 15) is 19.6 Å². The molecule has 3 amide bonds. The van der Waals surface area contributed by atoms with E-state index in [1.165, 1.54) is 0 Å². The average molecular weight is 574 g/mol. The molecule has 1 aromatic carbocycles. The van der Waals surface area contributed by atoms with Gasteiger partial charge in [-0.3, -0.25) is 9.59 Å². The number of rotatable bonds is 9. The van der Waals surface area contributed by atoms with Gasteiger partial charge < -0.3 is 24.8 Å². The van der Waals surface area contributed by atoms with Crippen LogP contribution in [0.5, 0.6) is 0 Å². The van der Waals surface area contributed by atoms with Gasteiger partial charge in [0.25, 0.3) is 5.91 Å². The zero-order chi connectivity index (χ0) is 29.8. The molecule has 2 aliphatic heterocycles. The minimum Gasteiger partial charge on any atom is -0.449 e. The van der Waals surface area contributed by atoms with Crippen molar-refractivity contribution >= 4 is 23.7 Å². The molecular formula is C31H39N7O4. The van der Waals surface area contributed by atoms with Gasteiger partial charge in [0.2, 0.25) is 5.91 Å². The van der Waals surface area contributed by atoms with Crippen molar-refractivity contribution in [1.29, 1.82) is 5.26 Å². The number of piperazine rings is 1. The molecular weight excluding hydrogens is 534 g/mol. The molecule has 5 rings (SSSR count). The van der Waals surface area contributed by atoms with Crippen molar-refractivity contribution in [2.45, 2.75) is 39.7 Å². The minimum atomic E-state index is -0.755. The number of hydrogen-bond donors (Lipinski definition) is 1. The standard InChI is InChI=1S/C31H39N7O4/c1-4-5-15-42-31(41)37-13-11-36(12-14-37)30(40)27(20(2)3)35-29(39)25-16-26(38-18-23-22(17-32)24(23)19-38)34-28(33-25)21-9-7-6-8-10-21/h6-10,16,20,22-24,27H,4-5,11-15,18-19H2,1-3H3,(H,35,39)/t22-,23-,24+,27-/m0/s1. The van der Waals surface area contributed by atoms with Crippen LogP contribution in [-0.2, 0) is 9.53 Å². The largest absolute Gasteiger partial charge is 0.449 e. The quantitative estimate of drug-likeness (QED) is 0.453. The zero-order valence-electron chi connectivity index (χ0n) is 24.5. The first-order valence-corrected chi connectivity index (χ1v) is 14.9. The fourth-order valence-corrected chi connectivity index (χ4v) is 5.76. The molecule has 1 saturated carbocycles. The Labute approximate surface area is 246 Å². The van der Waals surface area contributed by atoms with Crippen molar-refractivity contribution in [3.63, 3.8) is 0 Å². The molecule has 2 aromatic rings. The van der Waals surface area contributed by atoms with Gasteiger partial charge in [0.05, 0.1) is 18.6 Å². The molecule has 0 unspecified atom stereocenters. The lowest BCUT2D eigenvalue weighted by Crippen LogP contribution is -2.57. The van der Waals surface area contributed by atoms with Gasteiger partial charge in [0.1, 0.15) is 17.6 Å². The lowest BCUT2D eigenvalue weighted by molar-refractivity contribution is -0.135. The highest BCUT2D eigenvalue weighted by molar-refractivity contribution is 5.97. The maximum atomic E-state index is 13.6. The predicted molar refractivity (Wildman–Crippen MR) is 156 cm³/mol. The molecule has 0 radical (unpaired) electrons. The smallest absolute Gasteiger partial charge is 0.409 e. The second kappa shape index (κ2) is 12.8. The Morgan fingerprint density at radius 3 is 2.33 bits per heavy atom. The van der Waals surface area contributed by atoms with Crippen molar-refractivity contribution < 1.29 is 19.1 Å². The first kappa shape index (κ1) is 29.3. The maximum absolute atomic E-state index is 13.6. The highest BCUT2D eigenvalue weighted by Gasteiger charge is 2.56. The summed E-state index contributed by atoms with van der Waals surface area (Å²) in [6, 6.07) is 12.8.